The minimum Gasteiger partial charge on any atom is -0.390 e. The highest BCUT2D eigenvalue weighted by atomic mass is 79.9. The fraction of sp³-hybridized carbons (Fsp3) is 0.400. The van der Waals surface area contributed by atoms with Gasteiger partial charge in [-0.1, -0.05) is 22.0 Å². The van der Waals surface area contributed by atoms with Gasteiger partial charge in [-0.15, -0.1) is 0 Å². The summed E-state index contributed by atoms with van der Waals surface area (Å²) in [4.78, 5) is 0. The summed E-state index contributed by atoms with van der Waals surface area (Å²) in [6, 6.07) is 4.57. The van der Waals surface area contributed by atoms with Crippen LogP contribution < -0.4 is 0 Å². The van der Waals surface area contributed by atoms with Crippen molar-refractivity contribution in [3.63, 3.8) is 0 Å². The lowest BCUT2D eigenvalue weighted by molar-refractivity contribution is 0.150. The second kappa shape index (κ2) is 3.07. The number of aliphatic hydroxyl groups is 1. The van der Waals surface area contributed by atoms with E-state index in [9.17, 15) is 9.50 Å². The predicted octanol–water partition coefficient (Wildman–Crippen LogP) is 2.66. The van der Waals surface area contributed by atoms with Gasteiger partial charge in [-0.3, -0.25) is 0 Å². The quantitative estimate of drug-likeness (QED) is 0.849. The Morgan fingerprint density at radius 3 is 2.69 bits per heavy atom. The fourth-order valence-electron chi connectivity index (χ4n) is 1.34. The average Bonchev–Trinajstić information content (AvgIpc) is 2.75. The standard InChI is InChI=1S/C10H10BrFO/c11-9-5-8(12)2-1-7(9)6-10(13)3-4-10/h1-2,5,13H,3-4,6H2. The second-order valence-corrected chi connectivity index (χ2v) is 4.49. The Hall–Kier alpha value is -0.410. The highest BCUT2D eigenvalue weighted by Crippen LogP contribution is 2.39. The maximum atomic E-state index is 12.7. The molecule has 2 rings (SSSR count). The Morgan fingerprint density at radius 1 is 1.46 bits per heavy atom. The molecular weight excluding hydrogens is 235 g/mol. The van der Waals surface area contributed by atoms with E-state index < -0.39 is 5.60 Å². The molecule has 0 aromatic heterocycles. The summed E-state index contributed by atoms with van der Waals surface area (Å²) in [5, 5.41) is 9.66. The first-order valence-corrected chi connectivity index (χ1v) is 5.05. The van der Waals surface area contributed by atoms with Crippen LogP contribution in [-0.4, -0.2) is 10.7 Å². The van der Waals surface area contributed by atoms with Crippen molar-refractivity contribution in [3.8, 4) is 0 Å². The molecule has 3 heteroatoms. The molecule has 0 radical (unpaired) electrons. The van der Waals surface area contributed by atoms with Gasteiger partial charge in [0.05, 0.1) is 5.60 Å². The second-order valence-electron chi connectivity index (χ2n) is 3.64. The first-order chi connectivity index (χ1) is 6.09. The lowest BCUT2D eigenvalue weighted by Gasteiger charge is -2.08. The van der Waals surface area contributed by atoms with Gasteiger partial charge < -0.3 is 5.11 Å². The highest BCUT2D eigenvalue weighted by Gasteiger charge is 2.40. The molecule has 1 aromatic carbocycles. The van der Waals surface area contributed by atoms with E-state index in [1.54, 1.807) is 6.07 Å². The minimum atomic E-state index is -0.514. The van der Waals surface area contributed by atoms with Gasteiger partial charge in [-0.05, 0) is 30.5 Å². The van der Waals surface area contributed by atoms with E-state index in [-0.39, 0.29) is 5.82 Å². The monoisotopic (exact) mass is 244 g/mol. The molecule has 1 fully saturated rings. The van der Waals surface area contributed by atoms with Crippen molar-refractivity contribution in [1.82, 2.24) is 0 Å². The lowest BCUT2D eigenvalue weighted by Crippen LogP contribution is -2.11. The zero-order valence-electron chi connectivity index (χ0n) is 7.06. The van der Waals surface area contributed by atoms with Crippen LogP contribution in [0.25, 0.3) is 0 Å². The Labute approximate surface area is 84.7 Å². The van der Waals surface area contributed by atoms with Crippen LogP contribution in [0.15, 0.2) is 22.7 Å². The molecular formula is C10H10BrFO. The van der Waals surface area contributed by atoms with Gasteiger partial charge in [0.1, 0.15) is 5.82 Å². The molecule has 1 aliphatic carbocycles. The van der Waals surface area contributed by atoms with Crippen molar-refractivity contribution < 1.29 is 9.50 Å². The smallest absolute Gasteiger partial charge is 0.124 e. The predicted molar refractivity (Wildman–Crippen MR) is 52.0 cm³/mol. The van der Waals surface area contributed by atoms with Crippen molar-refractivity contribution in [3.05, 3.63) is 34.1 Å². The molecule has 0 unspecified atom stereocenters. The minimum absolute atomic E-state index is 0.251. The van der Waals surface area contributed by atoms with Crippen LogP contribution in [0.4, 0.5) is 4.39 Å². The van der Waals surface area contributed by atoms with Gasteiger partial charge in [-0.25, -0.2) is 4.39 Å². The summed E-state index contributed by atoms with van der Waals surface area (Å²) < 4.78 is 13.4. The normalized spacial score (nSPS) is 18.7. The van der Waals surface area contributed by atoms with E-state index in [2.05, 4.69) is 15.9 Å². The molecule has 0 saturated heterocycles. The maximum Gasteiger partial charge on any atom is 0.124 e. The van der Waals surface area contributed by atoms with Gasteiger partial charge >= 0.3 is 0 Å². The summed E-state index contributed by atoms with van der Waals surface area (Å²) in [5.74, 6) is -0.251. The van der Waals surface area contributed by atoms with Crippen LogP contribution in [0.1, 0.15) is 18.4 Å². The molecule has 0 amide bonds. The van der Waals surface area contributed by atoms with Gasteiger partial charge in [0.25, 0.3) is 0 Å². The molecule has 0 atom stereocenters. The fourth-order valence-corrected chi connectivity index (χ4v) is 1.83. The average molecular weight is 245 g/mol. The summed E-state index contributed by atoms with van der Waals surface area (Å²) in [6.07, 6.45) is 2.33. The third kappa shape index (κ3) is 2.09. The molecule has 70 valence electrons. The molecule has 0 spiro atoms. The molecule has 1 aliphatic rings. The van der Waals surface area contributed by atoms with Crippen LogP contribution in [0.5, 0.6) is 0 Å². The number of benzene rings is 1. The molecule has 1 N–H and O–H groups in total. The van der Waals surface area contributed by atoms with Gasteiger partial charge in [0.2, 0.25) is 0 Å². The van der Waals surface area contributed by atoms with Gasteiger partial charge in [-0.2, -0.15) is 0 Å². The van der Waals surface area contributed by atoms with E-state index in [1.807, 2.05) is 0 Å². The Kier molecular flexibility index (Phi) is 2.16. The van der Waals surface area contributed by atoms with Crippen LogP contribution in [0.2, 0.25) is 0 Å². The Bertz CT molecular complexity index is 334. The van der Waals surface area contributed by atoms with E-state index in [0.717, 1.165) is 22.9 Å². The van der Waals surface area contributed by atoms with Crippen molar-refractivity contribution >= 4 is 15.9 Å². The zero-order chi connectivity index (χ0) is 9.47. The first-order valence-electron chi connectivity index (χ1n) is 4.25. The molecule has 13 heavy (non-hydrogen) atoms. The van der Waals surface area contributed by atoms with E-state index in [0.29, 0.717) is 6.42 Å². The largest absolute Gasteiger partial charge is 0.390 e. The van der Waals surface area contributed by atoms with E-state index in [4.69, 9.17) is 0 Å². The van der Waals surface area contributed by atoms with E-state index >= 15 is 0 Å². The zero-order valence-corrected chi connectivity index (χ0v) is 8.64. The third-order valence-electron chi connectivity index (χ3n) is 2.36. The van der Waals surface area contributed by atoms with Crippen molar-refractivity contribution in [2.75, 3.05) is 0 Å². The number of hydrogen-bond acceptors (Lipinski definition) is 1. The topological polar surface area (TPSA) is 20.2 Å². The van der Waals surface area contributed by atoms with Crippen molar-refractivity contribution in [2.24, 2.45) is 0 Å². The maximum absolute atomic E-state index is 12.7. The summed E-state index contributed by atoms with van der Waals surface area (Å²) in [5.41, 5.74) is 0.460. The number of halogens is 2. The van der Waals surface area contributed by atoms with Gasteiger partial charge in [0.15, 0.2) is 0 Å². The lowest BCUT2D eigenvalue weighted by atomic mass is 10.1. The van der Waals surface area contributed by atoms with Crippen LogP contribution in [-0.2, 0) is 6.42 Å². The van der Waals surface area contributed by atoms with Crippen LogP contribution >= 0.6 is 15.9 Å². The third-order valence-corrected chi connectivity index (χ3v) is 3.10. The summed E-state index contributed by atoms with van der Waals surface area (Å²) >= 11 is 3.28. The van der Waals surface area contributed by atoms with E-state index in [1.165, 1.54) is 12.1 Å². The van der Waals surface area contributed by atoms with Crippen LogP contribution in [0.3, 0.4) is 0 Å². The molecule has 0 heterocycles. The highest BCUT2D eigenvalue weighted by molar-refractivity contribution is 9.10. The molecule has 1 nitrogen and oxygen atoms in total. The summed E-state index contributed by atoms with van der Waals surface area (Å²) in [6.45, 7) is 0. The molecule has 0 aliphatic heterocycles. The molecule has 1 saturated carbocycles. The number of rotatable bonds is 2. The number of hydrogen-bond donors (Lipinski definition) is 1. The van der Waals surface area contributed by atoms with Crippen LogP contribution in [0, 0.1) is 5.82 Å². The Morgan fingerprint density at radius 2 is 2.15 bits per heavy atom. The summed E-state index contributed by atoms with van der Waals surface area (Å²) in [7, 11) is 0. The SMILES string of the molecule is OC1(Cc2ccc(F)cc2Br)CC1. The molecule has 1 aromatic rings. The van der Waals surface area contributed by atoms with Crippen molar-refractivity contribution in [1.29, 1.82) is 0 Å². The van der Waals surface area contributed by atoms with Gasteiger partial charge in [0, 0.05) is 10.9 Å². The molecule has 0 bridgehead atoms. The Balaban J connectivity index is 2.20. The van der Waals surface area contributed by atoms with Crippen molar-refractivity contribution in [2.45, 2.75) is 24.9 Å². The first kappa shape index (κ1) is 9.16.